The van der Waals surface area contributed by atoms with Crippen LogP contribution < -0.4 is 4.90 Å². The lowest BCUT2D eigenvalue weighted by Gasteiger charge is -2.19. The summed E-state index contributed by atoms with van der Waals surface area (Å²) in [5, 5.41) is 0. The Balaban J connectivity index is 2.92. The first kappa shape index (κ1) is 13.1. The molecule has 0 saturated heterocycles. The van der Waals surface area contributed by atoms with Gasteiger partial charge in [0.1, 0.15) is 0 Å². The van der Waals surface area contributed by atoms with Crippen LogP contribution in [0.5, 0.6) is 0 Å². The smallest absolute Gasteiger partial charge is 0.255 e. The highest BCUT2D eigenvalue weighted by molar-refractivity contribution is 9.10. The Morgan fingerprint density at radius 3 is 2.56 bits per heavy atom. The molecule has 0 saturated carbocycles. The summed E-state index contributed by atoms with van der Waals surface area (Å²) in [5.74, 6) is -0.0602. The molecule has 1 rings (SSSR count). The molecule has 0 aliphatic rings. The van der Waals surface area contributed by atoms with Crippen molar-refractivity contribution in [2.24, 2.45) is 0 Å². The number of rotatable bonds is 4. The van der Waals surface area contributed by atoms with E-state index in [1.54, 1.807) is 25.2 Å². The Morgan fingerprint density at radius 2 is 2.12 bits per heavy atom. The SMILES string of the molecule is CC(=O)c1ccc(N(C)CC(F)F)cc1Br. The molecule has 0 amide bonds. The van der Waals surface area contributed by atoms with E-state index < -0.39 is 6.43 Å². The normalized spacial score (nSPS) is 10.6. The average molecular weight is 292 g/mol. The van der Waals surface area contributed by atoms with Gasteiger partial charge in [0.2, 0.25) is 0 Å². The predicted octanol–water partition coefficient (Wildman–Crippen LogP) is 3.35. The van der Waals surface area contributed by atoms with Gasteiger partial charge in [-0.3, -0.25) is 4.79 Å². The number of benzene rings is 1. The molecule has 0 unspecified atom stereocenters. The van der Waals surface area contributed by atoms with Gasteiger partial charge in [0.15, 0.2) is 5.78 Å². The average Bonchev–Trinajstić information content (AvgIpc) is 2.15. The molecule has 0 heterocycles. The van der Waals surface area contributed by atoms with Crippen LogP contribution in [0.2, 0.25) is 0 Å². The molecule has 88 valence electrons. The maximum absolute atomic E-state index is 12.2. The first-order valence-corrected chi connectivity index (χ1v) is 5.51. The lowest BCUT2D eigenvalue weighted by Crippen LogP contribution is -2.24. The van der Waals surface area contributed by atoms with Gasteiger partial charge in [-0.25, -0.2) is 8.78 Å². The Kier molecular flexibility index (Phi) is 4.41. The molecule has 1 aromatic rings. The van der Waals surface area contributed by atoms with Crippen molar-refractivity contribution in [2.45, 2.75) is 13.3 Å². The van der Waals surface area contributed by atoms with Crippen molar-refractivity contribution in [3.8, 4) is 0 Å². The van der Waals surface area contributed by atoms with Crippen molar-refractivity contribution in [1.82, 2.24) is 0 Å². The maximum Gasteiger partial charge on any atom is 0.255 e. The molecule has 2 nitrogen and oxygen atoms in total. The van der Waals surface area contributed by atoms with Crippen LogP contribution >= 0.6 is 15.9 Å². The van der Waals surface area contributed by atoms with Gasteiger partial charge >= 0.3 is 0 Å². The second kappa shape index (κ2) is 5.39. The minimum absolute atomic E-state index is 0.0602. The molecule has 0 spiro atoms. The number of nitrogens with zero attached hydrogens (tertiary/aromatic N) is 1. The summed E-state index contributed by atoms with van der Waals surface area (Å²) in [4.78, 5) is 12.6. The molecule has 0 aliphatic carbocycles. The standard InChI is InChI=1S/C11H12BrF2NO/c1-7(16)9-4-3-8(5-10(9)12)15(2)6-11(13)14/h3-5,11H,6H2,1-2H3. The van der Waals surface area contributed by atoms with Gasteiger partial charge in [0, 0.05) is 22.8 Å². The van der Waals surface area contributed by atoms with Crippen molar-refractivity contribution < 1.29 is 13.6 Å². The van der Waals surface area contributed by atoms with E-state index in [0.717, 1.165) is 0 Å². The van der Waals surface area contributed by atoms with Gasteiger partial charge in [0.25, 0.3) is 6.43 Å². The van der Waals surface area contributed by atoms with E-state index in [4.69, 9.17) is 0 Å². The van der Waals surface area contributed by atoms with Gasteiger partial charge < -0.3 is 4.90 Å². The number of hydrogen-bond donors (Lipinski definition) is 0. The largest absolute Gasteiger partial charge is 0.369 e. The van der Waals surface area contributed by atoms with Crippen LogP contribution in [0.1, 0.15) is 17.3 Å². The number of hydrogen-bond acceptors (Lipinski definition) is 2. The zero-order chi connectivity index (χ0) is 12.3. The van der Waals surface area contributed by atoms with Crippen LogP contribution in [0, 0.1) is 0 Å². The van der Waals surface area contributed by atoms with Crippen molar-refractivity contribution in [2.75, 3.05) is 18.5 Å². The zero-order valence-corrected chi connectivity index (χ0v) is 10.6. The van der Waals surface area contributed by atoms with Crippen LogP contribution in [0.15, 0.2) is 22.7 Å². The molecule has 16 heavy (non-hydrogen) atoms. The fourth-order valence-corrected chi connectivity index (χ4v) is 1.99. The first-order valence-electron chi connectivity index (χ1n) is 4.71. The summed E-state index contributed by atoms with van der Waals surface area (Å²) >= 11 is 3.25. The number of carbonyl (C=O) groups excluding carboxylic acids is 1. The van der Waals surface area contributed by atoms with Gasteiger partial charge in [-0.1, -0.05) is 0 Å². The second-order valence-corrected chi connectivity index (χ2v) is 4.35. The molecule has 1 aromatic carbocycles. The minimum Gasteiger partial charge on any atom is -0.369 e. The summed E-state index contributed by atoms with van der Waals surface area (Å²) in [7, 11) is 1.58. The maximum atomic E-state index is 12.2. The minimum atomic E-state index is -2.38. The topological polar surface area (TPSA) is 20.3 Å². The molecule has 0 radical (unpaired) electrons. The molecule has 5 heteroatoms. The summed E-state index contributed by atoms with van der Waals surface area (Å²) < 4.78 is 25.0. The molecule has 0 aliphatic heterocycles. The number of alkyl halides is 2. The quantitative estimate of drug-likeness (QED) is 0.793. The summed E-state index contributed by atoms with van der Waals surface area (Å²) in [6, 6.07) is 4.95. The fraction of sp³-hybridized carbons (Fsp3) is 0.364. The highest BCUT2D eigenvalue weighted by Gasteiger charge is 2.11. The van der Waals surface area contributed by atoms with E-state index in [2.05, 4.69) is 15.9 Å². The van der Waals surface area contributed by atoms with Crippen molar-refractivity contribution in [1.29, 1.82) is 0 Å². The zero-order valence-electron chi connectivity index (χ0n) is 9.01. The monoisotopic (exact) mass is 291 g/mol. The molecular weight excluding hydrogens is 280 g/mol. The molecule has 0 aromatic heterocycles. The van der Waals surface area contributed by atoms with E-state index in [-0.39, 0.29) is 12.3 Å². The first-order chi connectivity index (χ1) is 7.41. The van der Waals surface area contributed by atoms with Gasteiger partial charge in [0.05, 0.1) is 6.54 Å². The van der Waals surface area contributed by atoms with Gasteiger partial charge in [-0.2, -0.15) is 0 Å². The molecule has 0 fully saturated rings. The summed E-state index contributed by atoms with van der Waals surface area (Å²) in [6.45, 7) is 1.13. The van der Waals surface area contributed by atoms with Crippen molar-refractivity contribution >= 4 is 27.4 Å². The molecular formula is C11H12BrF2NO. The van der Waals surface area contributed by atoms with E-state index >= 15 is 0 Å². The summed E-state index contributed by atoms with van der Waals surface area (Å²) in [5.41, 5.74) is 1.20. The number of anilines is 1. The Bertz CT molecular complexity index is 396. The third-order valence-electron chi connectivity index (χ3n) is 2.18. The Labute approximate surface area is 101 Å². The van der Waals surface area contributed by atoms with Crippen LogP contribution in [-0.4, -0.2) is 25.8 Å². The Morgan fingerprint density at radius 1 is 1.50 bits per heavy atom. The van der Waals surface area contributed by atoms with Crippen molar-refractivity contribution in [3.63, 3.8) is 0 Å². The van der Waals surface area contributed by atoms with Crippen LogP contribution in [0.25, 0.3) is 0 Å². The summed E-state index contributed by atoms with van der Waals surface area (Å²) in [6.07, 6.45) is -2.38. The van der Waals surface area contributed by atoms with Gasteiger partial charge in [-0.15, -0.1) is 0 Å². The van der Waals surface area contributed by atoms with E-state index in [1.807, 2.05) is 0 Å². The highest BCUT2D eigenvalue weighted by atomic mass is 79.9. The van der Waals surface area contributed by atoms with Crippen LogP contribution in [-0.2, 0) is 0 Å². The van der Waals surface area contributed by atoms with Gasteiger partial charge in [-0.05, 0) is 41.1 Å². The van der Waals surface area contributed by atoms with E-state index in [9.17, 15) is 13.6 Å². The van der Waals surface area contributed by atoms with Crippen LogP contribution in [0.4, 0.5) is 14.5 Å². The molecule has 0 bridgehead atoms. The van der Waals surface area contributed by atoms with E-state index in [1.165, 1.54) is 11.8 Å². The molecule has 0 atom stereocenters. The van der Waals surface area contributed by atoms with Crippen LogP contribution in [0.3, 0.4) is 0 Å². The second-order valence-electron chi connectivity index (χ2n) is 3.49. The predicted molar refractivity (Wildman–Crippen MR) is 63.4 cm³/mol. The lowest BCUT2D eigenvalue weighted by molar-refractivity contribution is 0.101. The highest BCUT2D eigenvalue weighted by Crippen LogP contribution is 2.24. The number of carbonyl (C=O) groups is 1. The van der Waals surface area contributed by atoms with Crippen molar-refractivity contribution in [3.05, 3.63) is 28.2 Å². The number of ketones is 1. The number of Topliss-reactive ketones (excluding diaryl/α,β-unsaturated/α-hetero) is 1. The lowest BCUT2D eigenvalue weighted by atomic mass is 10.1. The molecule has 0 N–H and O–H groups in total. The van der Waals surface area contributed by atoms with E-state index in [0.29, 0.717) is 15.7 Å². The number of halogens is 3. The third-order valence-corrected chi connectivity index (χ3v) is 2.84. The third kappa shape index (κ3) is 3.27. The Hall–Kier alpha value is -0.970. The fourth-order valence-electron chi connectivity index (χ4n) is 1.34.